The predicted octanol–water partition coefficient (Wildman–Crippen LogP) is 8.78. The number of methoxy groups -OCH3 is 1. The highest BCUT2D eigenvalue weighted by Crippen LogP contribution is 2.39. The molecule has 0 bridgehead atoms. The van der Waals surface area contributed by atoms with Gasteiger partial charge in [0.15, 0.2) is 16.7 Å². The van der Waals surface area contributed by atoms with Crippen LogP contribution in [0, 0.1) is 23.3 Å². The van der Waals surface area contributed by atoms with Gasteiger partial charge in [0.05, 0.1) is 50.9 Å². The zero-order chi connectivity index (χ0) is 36.5. The number of carbonyl (C=O) groups is 1. The van der Waals surface area contributed by atoms with Crippen LogP contribution in [0.2, 0.25) is 5.02 Å². The number of benzene rings is 3. The molecular weight excluding hydrogens is 699 g/mol. The highest BCUT2D eigenvalue weighted by atomic mass is 35.5. The zero-order valence-corrected chi connectivity index (χ0v) is 29.0. The van der Waals surface area contributed by atoms with E-state index in [2.05, 4.69) is 9.72 Å². The van der Waals surface area contributed by atoms with Crippen molar-refractivity contribution < 1.29 is 49.5 Å². The van der Waals surface area contributed by atoms with Crippen LogP contribution in [-0.4, -0.2) is 60.7 Å². The third-order valence-corrected chi connectivity index (χ3v) is 9.24. The number of halogens is 8. The molecule has 4 rings (SSSR count). The number of alkyl halides is 3. The van der Waals surface area contributed by atoms with E-state index in [1.54, 1.807) is 16.8 Å². The lowest BCUT2D eigenvalue weighted by molar-refractivity contribution is -0.917. The summed E-state index contributed by atoms with van der Waals surface area (Å²) in [6.07, 6.45) is -5.07. The Bertz CT molecular complexity index is 1820. The highest BCUT2D eigenvalue weighted by Gasteiger charge is 2.44. The van der Waals surface area contributed by atoms with E-state index in [-0.39, 0.29) is 45.0 Å². The first-order chi connectivity index (χ1) is 22.7. The van der Waals surface area contributed by atoms with Crippen molar-refractivity contribution in [3.8, 4) is 11.4 Å². The number of quaternary nitrogens is 1. The SMILES string of the molecule is COc1cc(-n2c(C(C)(C)c3ccc(F)c(Cl)c3)cnc2SCc2c(F)cc(CCC(OC(=O)C(F)(F)F)[N+](C)(C)C)cc2F)ccc1F. The predicted molar refractivity (Wildman–Crippen MR) is 172 cm³/mol. The van der Waals surface area contributed by atoms with Crippen molar-refractivity contribution in [1.29, 1.82) is 0 Å². The van der Waals surface area contributed by atoms with Gasteiger partial charge in [-0.25, -0.2) is 27.3 Å². The first-order valence-corrected chi connectivity index (χ1v) is 16.2. The first-order valence-electron chi connectivity index (χ1n) is 14.8. The lowest BCUT2D eigenvalue weighted by atomic mass is 9.81. The molecule has 1 atom stereocenters. The molecule has 49 heavy (non-hydrogen) atoms. The third kappa shape index (κ3) is 8.71. The second-order valence-corrected chi connectivity index (χ2v) is 14.0. The van der Waals surface area contributed by atoms with E-state index < -0.39 is 47.1 Å². The van der Waals surface area contributed by atoms with E-state index in [9.17, 15) is 26.7 Å². The quantitative estimate of drug-likeness (QED) is 0.0480. The number of aryl methyl sites for hydroxylation is 1. The summed E-state index contributed by atoms with van der Waals surface area (Å²) in [5, 5.41) is 0.212. The minimum atomic E-state index is -5.19. The van der Waals surface area contributed by atoms with Gasteiger partial charge in [-0.15, -0.1) is 0 Å². The Morgan fingerprint density at radius 2 is 1.59 bits per heavy atom. The Balaban J connectivity index is 1.64. The normalized spacial score (nSPS) is 13.0. The van der Waals surface area contributed by atoms with Crippen LogP contribution < -0.4 is 4.74 Å². The van der Waals surface area contributed by atoms with Crippen LogP contribution in [0.15, 0.2) is 59.9 Å². The first kappa shape index (κ1) is 38.1. The van der Waals surface area contributed by atoms with E-state index in [1.807, 2.05) is 13.8 Å². The van der Waals surface area contributed by atoms with Gasteiger partial charge in [-0.2, -0.15) is 13.2 Å². The van der Waals surface area contributed by atoms with Gasteiger partial charge in [0.2, 0.25) is 6.23 Å². The maximum absolute atomic E-state index is 15.4. The van der Waals surface area contributed by atoms with Gasteiger partial charge in [0, 0.05) is 29.2 Å². The Hall–Kier alpha value is -3.75. The fraction of sp³-hybridized carbons (Fsp3) is 0.353. The summed E-state index contributed by atoms with van der Waals surface area (Å²) in [5.74, 6) is -5.60. The van der Waals surface area contributed by atoms with E-state index >= 15 is 8.78 Å². The fourth-order valence-corrected chi connectivity index (χ4v) is 6.30. The summed E-state index contributed by atoms with van der Waals surface area (Å²) in [5.41, 5.74) is 0.675. The second kappa shape index (κ2) is 14.6. The molecule has 1 heterocycles. The molecule has 264 valence electrons. The van der Waals surface area contributed by atoms with Crippen molar-refractivity contribution in [3.63, 3.8) is 0 Å². The van der Waals surface area contributed by atoms with Crippen molar-refractivity contribution in [2.75, 3.05) is 28.3 Å². The molecule has 0 radical (unpaired) electrons. The number of aromatic nitrogens is 2. The van der Waals surface area contributed by atoms with Crippen LogP contribution in [0.5, 0.6) is 5.75 Å². The largest absolute Gasteiger partial charge is 0.494 e. The number of rotatable bonds is 12. The van der Waals surface area contributed by atoms with Gasteiger partial charge in [-0.3, -0.25) is 9.05 Å². The number of hydrogen-bond acceptors (Lipinski definition) is 5. The third-order valence-electron chi connectivity index (χ3n) is 7.97. The zero-order valence-electron chi connectivity index (χ0n) is 27.4. The average molecular weight is 733 g/mol. The van der Waals surface area contributed by atoms with Gasteiger partial charge in [0.25, 0.3) is 0 Å². The molecule has 0 spiro atoms. The molecular formula is C34H34ClF7N3O3S+. The Labute approximate surface area is 288 Å². The monoisotopic (exact) mass is 732 g/mol. The second-order valence-electron chi connectivity index (χ2n) is 12.7. The maximum Gasteiger partial charge on any atom is 0.491 e. The fourth-order valence-electron chi connectivity index (χ4n) is 5.11. The van der Waals surface area contributed by atoms with E-state index in [4.69, 9.17) is 16.3 Å². The average Bonchev–Trinajstić information content (AvgIpc) is 3.44. The Morgan fingerprint density at radius 1 is 0.959 bits per heavy atom. The van der Waals surface area contributed by atoms with Crippen LogP contribution in [0.25, 0.3) is 5.69 Å². The van der Waals surface area contributed by atoms with Crippen LogP contribution in [0.1, 0.15) is 42.7 Å². The van der Waals surface area contributed by atoms with Crippen LogP contribution in [0.3, 0.4) is 0 Å². The molecule has 4 aromatic rings. The van der Waals surface area contributed by atoms with E-state index in [0.717, 1.165) is 23.9 Å². The Kier molecular flexibility index (Phi) is 11.4. The number of carbonyl (C=O) groups excluding carboxylic acids is 1. The Morgan fingerprint density at radius 3 is 2.16 bits per heavy atom. The van der Waals surface area contributed by atoms with Crippen LogP contribution in [-0.2, 0) is 27.1 Å². The summed E-state index contributed by atoms with van der Waals surface area (Å²) in [4.78, 5) is 16.0. The molecule has 0 amide bonds. The molecule has 0 aliphatic heterocycles. The maximum atomic E-state index is 15.4. The topological polar surface area (TPSA) is 53.4 Å². The van der Waals surface area contributed by atoms with Gasteiger partial charge in [0.1, 0.15) is 17.5 Å². The highest BCUT2D eigenvalue weighted by molar-refractivity contribution is 7.98. The summed E-state index contributed by atoms with van der Waals surface area (Å²) in [7, 11) is 5.90. The van der Waals surface area contributed by atoms with E-state index in [0.29, 0.717) is 22.1 Å². The number of thioether (sulfide) groups is 1. The van der Waals surface area contributed by atoms with Gasteiger partial charge in [-0.1, -0.05) is 43.3 Å². The lowest BCUT2D eigenvalue weighted by Crippen LogP contribution is -2.49. The number of imidazole rings is 1. The smallest absolute Gasteiger partial charge is 0.491 e. The van der Waals surface area contributed by atoms with Gasteiger partial charge in [-0.05, 0) is 53.9 Å². The molecule has 0 aliphatic rings. The molecule has 1 unspecified atom stereocenters. The molecule has 0 N–H and O–H groups in total. The number of ether oxygens (including phenoxy) is 2. The van der Waals surface area contributed by atoms with Crippen molar-refractivity contribution in [3.05, 3.63) is 105 Å². The van der Waals surface area contributed by atoms with Crippen molar-refractivity contribution in [2.24, 2.45) is 0 Å². The summed E-state index contributed by atoms with van der Waals surface area (Å²) < 4.78 is 109. The number of hydrogen-bond donors (Lipinski definition) is 0. The van der Waals surface area contributed by atoms with Crippen LogP contribution in [0.4, 0.5) is 30.7 Å². The molecule has 0 saturated heterocycles. The molecule has 0 saturated carbocycles. The van der Waals surface area contributed by atoms with Crippen molar-refractivity contribution in [1.82, 2.24) is 9.55 Å². The summed E-state index contributed by atoms with van der Waals surface area (Å²) >= 11 is 7.08. The summed E-state index contributed by atoms with van der Waals surface area (Å²) in [6, 6.07) is 10.6. The summed E-state index contributed by atoms with van der Waals surface area (Å²) in [6.45, 7) is 3.70. The van der Waals surface area contributed by atoms with Gasteiger partial charge < -0.3 is 9.47 Å². The lowest BCUT2D eigenvalue weighted by Gasteiger charge is -2.33. The van der Waals surface area contributed by atoms with Crippen molar-refractivity contribution >= 4 is 29.3 Å². The number of nitrogens with zero attached hydrogens (tertiary/aromatic N) is 3. The molecule has 0 fully saturated rings. The minimum Gasteiger partial charge on any atom is -0.494 e. The minimum absolute atomic E-state index is 0.0518. The molecule has 0 aliphatic carbocycles. The van der Waals surface area contributed by atoms with Crippen molar-refractivity contribution in [2.45, 2.75) is 55.4 Å². The molecule has 15 heteroatoms. The molecule has 3 aromatic carbocycles. The standard InChI is InChI=1S/C34H34ClF7N3O3S/c1-33(2,20-8-10-24(36)23(35)15-20)29-17-43-32(44(29)21-9-11-25(37)28(16-21)47-6)49-18-22-26(38)13-19(14-27(22)39)7-12-30(45(3,4)5)48-31(46)34(40,41)42/h8-11,13-17,30H,7,12,18H2,1-6H3/q+1. The van der Waals surface area contributed by atoms with Crippen LogP contribution >= 0.6 is 23.4 Å². The van der Waals surface area contributed by atoms with E-state index in [1.165, 1.54) is 58.6 Å². The molecule has 6 nitrogen and oxygen atoms in total. The van der Waals surface area contributed by atoms with Gasteiger partial charge >= 0.3 is 12.1 Å². The molecule has 1 aromatic heterocycles. The number of esters is 1.